The van der Waals surface area contributed by atoms with E-state index >= 15 is 0 Å². The molecule has 0 heterocycles. The maximum atomic E-state index is 14.8. The van der Waals surface area contributed by atoms with Crippen LogP contribution in [0.5, 0.6) is 0 Å². The smallest absolute Gasteiger partial charge is 0.352 e. The van der Waals surface area contributed by atoms with Gasteiger partial charge in [-0.25, -0.2) is 4.79 Å². The Balaban J connectivity index is 1.75. The Morgan fingerprint density at radius 2 is 1.26 bits per heavy atom. The molecule has 0 saturated carbocycles. The fourth-order valence-corrected chi connectivity index (χ4v) is 6.13. The van der Waals surface area contributed by atoms with Gasteiger partial charge in [-0.3, -0.25) is 30.1 Å². The molecule has 0 unspecified atom stereocenters. The summed E-state index contributed by atoms with van der Waals surface area (Å²) in [5.41, 5.74) is 1.37. The maximum absolute atomic E-state index is 14.8. The first-order chi connectivity index (χ1) is 20.7. The average molecular weight is 606 g/mol. The van der Waals surface area contributed by atoms with Gasteiger partial charge in [-0.15, -0.1) is 0 Å². The van der Waals surface area contributed by atoms with Gasteiger partial charge in [0.1, 0.15) is 5.78 Å². The van der Waals surface area contributed by atoms with Crippen molar-refractivity contribution in [2.24, 2.45) is 0 Å². The van der Waals surface area contributed by atoms with E-state index in [4.69, 9.17) is 13.8 Å². The molecule has 0 bridgehead atoms. The van der Waals surface area contributed by atoms with Crippen LogP contribution in [-0.4, -0.2) is 22.9 Å². The lowest BCUT2D eigenvalue weighted by molar-refractivity contribution is -0.385. The Labute approximate surface area is 247 Å². The van der Waals surface area contributed by atoms with E-state index in [1.807, 2.05) is 30.3 Å². The fraction of sp³-hybridized carbons (Fsp3) is 0.167. The third-order valence-electron chi connectivity index (χ3n) is 6.48. The lowest BCUT2D eigenvalue weighted by Gasteiger charge is -2.28. The van der Waals surface area contributed by atoms with E-state index in [9.17, 15) is 29.6 Å². The molecule has 0 aliphatic heterocycles. The topological polar surface area (TPSA) is 160 Å². The van der Waals surface area contributed by atoms with E-state index in [1.165, 1.54) is 55.6 Å². The molecule has 0 radical (unpaired) electrons. The highest BCUT2D eigenvalue weighted by Gasteiger charge is 2.39. The number of nitro benzene ring substituents is 2. The van der Waals surface area contributed by atoms with E-state index < -0.39 is 42.4 Å². The van der Waals surface area contributed by atoms with Gasteiger partial charge >= 0.3 is 13.6 Å². The van der Waals surface area contributed by atoms with Crippen molar-refractivity contribution < 1.29 is 33.0 Å². The lowest BCUT2D eigenvalue weighted by Crippen LogP contribution is -2.23. The average Bonchev–Trinajstić information content (AvgIpc) is 3.03. The zero-order valence-electron chi connectivity index (χ0n) is 23.0. The fourth-order valence-electron chi connectivity index (χ4n) is 4.27. The number of nitrogens with zero attached hydrogens (tertiary/aromatic N) is 2. The molecule has 0 amide bonds. The molecule has 222 valence electrons. The summed E-state index contributed by atoms with van der Waals surface area (Å²) >= 11 is 0. The predicted octanol–water partition coefficient (Wildman–Crippen LogP) is 6.70. The van der Waals surface area contributed by atoms with Crippen LogP contribution >= 0.6 is 7.60 Å². The Morgan fingerprint density at radius 3 is 1.74 bits per heavy atom. The van der Waals surface area contributed by atoms with Crippen molar-refractivity contribution in [1.29, 1.82) is 0 Å². The summed E-state index contributed by atoms with van der Waals surface area (Å²) in [6, 6.07) is 27.1. The van der Waals surface area contributed by atoms with E-state index in [2.05, 4.69) is 5.32 Å². The first kappa shape index (κ1) is 31.2. The van der Waals surface area contributed by atoms with Crippen molar-refractivity contribution in [3.05, 3.63) is 151 Å². The maximum Gasteiger partial charge on any atom is 0.352 e. The molecule has 4 aromatic rings. The molecule has 4 rings (SSSR count). The van der Waals surface area contributed by atoms with E-state index in [1.54, 1.807) is 24.3 Å². The first-order valence-corrected chi connectivity index (χ1v) is 14.6. The number of carbonyl (C=O) groups is 1. The predicted molar refractivity (Wildman–Crippen MR) is 157 cm³/mol. The standard InChI is InChI=1S/C30H28N3O9P/c1-40-30(34)24-17-15-23(16-18-24)29(31-19-22-9-3-2-4-10-22)43(39,41-20-25-11-5-7-13-27(25)32(35)36)42-21-26-12-6-8-14-28(26)33(37)38/h2-18,29,31H,19-21H2,1H3/t29-/m0/s1. The molecule has 0 aliphatic rings. The summed E-state index contributed by atoms with van der Waals surface area (Å²) in [5, 5.41) is 26.4. The number of carbonyl (C=O) groups excluding carboxylic acids is 1. The molecule has 43 heavy (non-hydrogen) atoms. The van der Waals surface area contributed by atoms with Crippen LogP contribution in [0, 0.1) is 20.2 Å². The summed E-state index contributed by atoms with van der Waals surface area (Å²) in [7, 11) is -3.09. The minimum Gasteiger partial charge on any atom is -0.465 e. The second-order valence-electron chi connectivity index (χ2n) is 9.24. The van der Waals surface area contributed by atoms with Gasteiger partial charge in [-0.05, 0) is 35.4 Å². The normalized spacial score (nSPS) is 11.9. The number of nitro groups is 2. The molecule has 1 atom stereocenters. The van der Waals surface area contributed by atoms with Gasteiger partial charge < -0.3 is 13.8 Å². The summed E-state index contributed by atoms with van der Waals surface area (Å²) in [6.07, 6.45) is 0. The second-order valence-corrected chi connectivity index (χ2v) is 11.4. The summed E-state index contributed by atoms with van der Waals surface area (Å²) in [5.74, 6) is -1.71. The third-order valence-corrected chi connectivity index (χ3v) is 8.57. The second kappa shape index (κ2) is 14.4. The van der Waals surface area contributed by atoms with E-state index in [-0.39, 0.29) is 34.6 Å². The van der Waals surface area contributed by atoms with Gasteiger partial charge in [-0.2, -0.15) is 0 Å². The Morgan fingerprint density at radius 1 is 0.767 bits per heavy atom. The largest absolute Gasteiger partial charge is 0.465 e. The Hall–Kier alpha value is -4.74. The SMILES string of the molecule is COC(=O)c1ccc([C@@H](NCc2ccccc2)P(=O)(OCc2ccccc2[N+](=O)[O-])OCc2ccccc2[N+](=O)[O-])cc1. The van der Waals surface area contributed by atoms with Gasteiger partial charge in [0, 0.05) is 18.7 Å². The summed E-state index contributed by atoms with van der Waals surface area (Å²) in [6.45, 7) is -0.678. The highest BCUT2D eigenvalue weighted by atomic mass is 31.2. The number of hydrogen-bond donors (Lipinski definition) is 1. The van der Waals surface area contributed by atoms with Crippen LogP contribution in [0.4, 0.5) is 11.4 Å². The number of benzene rings is 4. The van der Waals surface area contributed by atoms with Crippen molar-refractivity contribution >= 4 is 24.9 Å². The number of methoxy groups -OCH3 is 1. The van der Waals surface area contributed by atoms with Crippen molar-refractivity contribution in [2.45, 2.75) is 25.5 Å². The van der Waals surface area contributed by atoms with Crippen LogP contribution in [0.25, 0.3) is 0 Å². The van der Waals surface area contributed by atoms with Crippen molar-refractivity contribution in [2.75, 3.05) is 7.11 Å². The van der Waals surface area contributed by atoms with Crippen LogP contribution in [0.2, 0.25) is 0 Å². The van der Waals surface area contributed by atoms with Crippen molar-refractivity contribution in [1.82, 2.24) is 5.32 Å². The van der Waals surface area contributed by atoms with Crippen LogP contribution in [0.15, 0.2) is 103 Å². The molecule has 4 aromatic carbocycles. The zero-order chi connectivity index (χ0) is 30.8. The number of ether oxygens (including phenoxy) is 1. The van der Waals surface area contributed by atoms with Gasteiger partial charge in [0.2, 0.25) is 0 Å². The number of para-hydroxylation sites is 2. The van der Waals surface area contributed by atoms with Gasteiger partial charge in [-0.1, -0.05) is 66.7 Å². The molecule has 12 nitrogen and oxygen atoms in total. The van der Waals surface area contributed by atoms with Crippen LogP contribution in [0.3, 0.4) is 0 Å². The van der Waals surface area contributed by atoms with Crippen molar-refractivity contribution in [3.8, 4) is 0 Å². The van der Waals surface area contributed by atoms with Gasteiger partial charge in [0.15, 0.2) is 0 Å². The molecule has 0 saturated heterocycles. The number of hydrogen-bond acceptors (Lipinski definition) is 10. The van der Waals surface area contributed by atoms with Crippen LogP contribution in [0.1, 0.15) is 38.4 Å². The molecular formula is C30H28N3O9P. The van der Waals surface area contributed by atoms with Gasteiger partial charge in [0.25, 0.3) is 11.4 Å². The van der Waals surface area contributed by atoms with E-state index in [0.717, 1.165) is 5.56 Å². The lowest BCUT2D eigenvalue weighted by atomic mass is 10.1. The number of nitrogens with one attached hydrogen (secondary N) is 1. The minimum absolute atomic E-state index is 0.157. The number of esters is 1. The Kier molecular flexibility index (Phi) is 10.5. The van der Waals surface area contributed by atoms with Gasteiger partial charge in [0.05, 0.1) is 46.9 Å². The summed E-state index contributed by atoms with van der Waals surface area (Å²) < 4.78 is 31.4. The van der Waals surface area contributed by atoms with Crippen molar-refractivity contribution in [3.63, 3.8) is 0 Å². The minimum atomic E-state index is -4.34. The van der Waals surface area contributed by atoms with E-state index in [0.29, 0.717) is 5.56 Å². The summed E-state index contributed by atoms with van der Waals surface area (Å²) in [4.78, 5) is 34.1. The molecule has 13 heteroatoms. The molecule has 0 aromatic heterocycles. The molecule has 0 spiro atoms. The monoisotopic (exact) mass is 605 g/mol. The molecule has 1 N–H and O–H groups in total. The molecule has 0 fully saturated rings. The van der Waals surface area contributed by atoms with Crippen LogP contribution in [-0.2, 0) is 38.1 Å². The quantitative estimate of drug-likeness (QED) is 0.0708. The highest BCUT2D eigenvalue weighted by molar-refractivity contribution is 7.54. The third kappa shape index (κ3) is 7.97. The van der Waals surface area contributed by atoms with Crippen LogP contribution < -0.4 is 5.32 Å². The zero-order valence-corrected chi connectivity index (χ0v) is 23.9. The Bertz CT molecular complexity index is 1570. The molecule has 0 aliphatic carbocycles. The highest BCUT2D eigenvalue weighted by Crippen LogP contribution is 2.61. The number of rotatable bonds is 14. The molecular weight excluding hydrogens is 577 g/mol. The first-order valence-electron chi connectivity index (χ1n) is 13.0.